The standard InChI is InChI=1S/C17H13BrClN3O4.C17H13BrClN3O3.C10H6BrClO2.C7H8BrN3O2.CH2O3.2CH4.2K.H/c1-24-17-11(18)3-4-12(21-17)16(20)22-25-8-13(23)15-7-9-6-10(19)2-5-14(9)26-15;1-23-17-11(18)3-4-12(21-17)16-20-13(8-24-22-16)15-7-9-6-10(19)2-5-14(9)25-15;11-5-8(13)10-4-6-3-7(12)1-2-9(6)14-10;1-13-7-4(8)2-3-5(10-7)6(9)11-12;2-1-4-3;;;;;/h2-7H,8H2,1H3,(H2,20,22);2-7,13H,8H2,1H3,(H,20,22);1-4H,5H2;2-3,12H,1H3,(H2,9,11);1,3H;2*1H4;;;/q;;;;;;;2*+1;-1/p-1. The molecule has 0 spiro atoms. The first-order valence-corrected chi connectivity index (χ1v) is 27.5. The normalized spacial score (nSPS) is 12.2. The minimum absolute atomic E-state index is 0. The molecule has 6 aromatic heterocycles. The van der Waals surface area contributed by atoms with Gasteiger partial charge in [-0.25, -0.2) is 20.4 Å². The number of Topliss-reactive ketones (excluding diaryl/α,β-unsaturated/α-hetero) is 2. The number of rotatable bonds is 14. The molecule has 1 unspecified atom stereocenters. The molecular weight excluding hydrogens is 1500 g/mol. The van der Waals surface area contributed by atoms with E-state index in [0.717, 1.165) is 26.2 Å². The van der Waals surface area contributed by atoms with E-state index in [-0.39, 0.29) is 172 Å². The number of nitrogens with zero attached hydrogens (tertiary/aromatic N) is 6. The number of benzene rings is 3. The predicted molar refractivity (Wildman–Crippen MR) is 331 cm³/mol. The Balaban J connectivity index is 0.000000578. The van der Waals surface area contributed by atoms with Crippen molar-refractivity contribution in [3.8, 4) is 17.6 Å². The number of ether oxygens (including phenoxy) is 3. The number of hydroxylamine groups is 1. The van der Waals surface area contributed by atoms with E-state index in [2.05, 4.69) is 104 Å². The molecule has 0 aliphatic carbocycles. The average molecular weight is 1550 g/mol. The Kier molecular flexibility index (Phi) is 35.5. The molecule has 32 heteroatoms. The number of hydrogen-bond donors (Lipinski definition) is 4. The number of furan rings is 3. The van der Waals surface area contributed by atoms with Crippen molar-refractivity contribution in [1.29, 1.82) is 0 Å². The average Bonchev–Trinajstić information content (AvgIpc) is 2.38. The Morgan fingerprint density at radius 3 is 1.60 bits per heavy atom. The molecule has 1 atom stereocenters. The van der Waals surface area contributed by atoms with Gasteiger partial charge in [0.05, 0.1) is 40.1 Å². The van der Waals surface area contributed by atoms with Gasteiger partial charge in [0.15, 0.2) is 35.6 Å². The van der Waals surface area contributed by atoms with Crippen molar-refractivity contribution in [2.24, 2.45) is 26.8 Å². The maximum absolute atomic E-state index is 12.2. The molecule has 3 aromatic carbocycles. The molecule has 6 N–H and O–H groups in total. The summed E-state index contributed by atoms with van der Waals surface area (Å²) in [7, 11) is 4.54. The number of hydrogen-bond acceptors (Lipinski definition) is 21. The molecule has 10 rings (SSSR count). The molecule has 86 heavy (non-hydrogen) atoms. The zero-order chi connectivity index (χ0) is 59.5. The largest absolute Gasteiger partial charge is 1.00 e. The van der Waals surface area contributed by atoms with Crippen LogP contribution in [0.25, 0.3) is 32.9 Å². The topological polar surface area (TPSA) is 329 Å². The van der Waals surface area contributed by atoms with Crippen LogP contribution in [-0.2, 0) is 19.4 Å². The first kappa shape index (κ1) is 78.0. The summed E-state index contributed by atoms with van der Waals surface area (Å²) >= 11 is 30.7. The van der Waals surface area contributed by atoms with Gasteiger partial charge in [-0.05, 0) is 157 Å². The number of nitrogens with two attached hydrogens (primary N) is 2. The van der Waals surface area contributed by atoms with Gasteiger partial charge >= 0.3 is 103 Å². The predicted octanol–water partition coefficient (Wildman–Crippen LogP) is 6.49. The second-order valence-corrected chi connectivity index (χ2v) is 20.2. The Morgan fingerprint density at radius 2 is 1.14 bits per heavy atom. The van der Waals surface area contributed by atoms with Crippen LogP contribution in [0.1, 0.15) is 66.3 Å². The van der Waals surface area contributed by atoms with E-state index < -0.39 is 0 Å². The molecule has 1 aliphatic heterocycles. The van der Waals surface area contributed by atoms with E-state index in [1.54, 1.807) is 86.0 Å². The summed E-state index contributed by atoms with van der Waals surface area (Å²) in [6.07, 6.45) is 0. The fourth-order valence-corrected chi connectivity index (χ4v) is 8.65. The van der Waals surface area contributed by atoms with E-state index in [1.165, 1.54) is 14.2 Å². The van der Waals surface area contributed by atoms with E-state index >= 15 is 0 Å². The third-order valence-corrected chi connectivity index (χ3v) is 13.5. The summed E-state index contributed by atoms with van der Waals surface area (Å²) in [5.74, 6) is 2.47. The van der Waals surface area contributed by atoms with Crippen molar-refractivity contribution < 1.29 is 171 Å². The number of fused-ring (bicyclic) bond motifs is 3. The summed E-state index contributed by atoms with van der Waals surface area (Å²) in [5, 5.41) is 28.0. The zero-order valence-electron chi connectivity index (χ0n) is 45.4. The van der Waals surface area contributed by atoms with Crippen molar-refractivity contribution in [1.82, 2.24) is 20.4 Å². The number of carbonyl (C=O) groups is 3. The van der Waals surface area contributed by atoms with Crippen LogP contribution in [0, 0.1) is 0 Å². The zero-order valence-corrected chi connectivity index (χ0v) is 59.3. The van der Waals surface area contributed by atoms with Gasteiger partial charge in [0.25, 0.3) is 6.47 Å². The smallest absolute Gasteiger partial charge is 1.00 e. The molecule has 1 aliphatic rings. The van der Waals surface area contributed by atoms with Gasteiger partial charge in [-0.3, -0.25) is 24.2 Å². The second kappa shape index (κ2) is 39.1. The van der Waals surface area contributed by atoms with E-state index in [0.29, 0.717) is 93.9 Å². The molecule has 0 saturated carbocycles. The number of ketones is 2. The molecular formula is C54H50Br4Cl3K2N9O14. The SMILES string of the molecule is C.C.COc1nc(/C(N)=N/O)ccc1Br.COc1nc(/C(N)=N/OCC(=O)c2cc3cc(Cl)ccc3o2)ccc1Br.COc1nc(C2=NC(c3cc4cc(Cl)ccc4o3)CON2)ccc1Br.O=C(CBr)c1cc2cc(Cl)ccc2o1.O=CO[O-].[H-].[K+].[K+]. The minimum atomic E-state index is -0.379. The van der Waals surface area contributed by atoms with Crippen molar-refractivity contribution in [2.75, 3.05) is 39.9 Å². The van der Waals surface area contributed by atoms with Crippen LogP contribution in [0.2, 0.25) is 15.1 Å². The van der Waals surface area contributed by atoms with Crippen LogP contribution in [0.3, 0.4) is 0 Å². The molecule has 446 valence electrons. The van der Waals surface area contributed by atoms with Crippen LogP contribution in [0.15, 0.2) is 151 Å². The first-order chi connectivity index (χ1) is 39.4. The fraction of sp³-hybridized carbons (Fsp3) is 0.167. The number of methoxy groups -OCH3 is 3. The van der Waals surface area contributed by atoms with Crippen molar-refractivity contribution >= 4 is 167 Å². The summed E-state index contributed by atoms with van der Waals surface area (Å²) in [6.45, 7) is -0.160. The maximum Gasteiger partial charge on any atom is 1.00 e. The van der Waals surface area contributed by atoms with Crippen molar-refractivity contribution in [3.63, 3.8) is 0 Å². The number of aromatic nitrogens is 3. The molecule has 0 saturated heterocycles. The van der Waals surface area contributed by atoms with Gasteiger partial charge in [0.2, 0.25) is 29.2 Å². The van der Waals surface area contributed by atoms with E-state index in [4.69, 9.17) is 98.7 Å². The summed E-state index contributed by atoms with van der Waals surface area (Å²) < 4.78 is 34.1. The molecule has 0 bridgehead atoms. The third-order valence-electron chi connectivity index (χ3n) is 10.4. The maximum atomic E-state index is 12.2. The number of pyridine rings is 3. The van der Waals surface area contributed by atoms with E-state index in [1.807, 2.05) is 30.3 Å². The Hall–Kier alpha value is -4.07. The van der Waals surface area contributed by atoms with Crippen molar-refractivity contribution in [2.45, 2.75) is 20.9 Å². The monoisotopic (exact) mass is 1550 g/mol. The van der Waals surface area contributed by atoms with Crippen LogP contribution >= 0.6 is 98.5 Å². The fourth-order valence-electron chi connectivity index (χ4n) is 6.69. The van der Waals surface area contributed by atoms with Crippen molar-refractivity contribution in [3.05, 3.63) is 172 Å². The van der Waals surface area contributed by atoms with Gasteiger partial charge in [0, 0.05) is 31.2 Å². The number of alkyl halides is 1. The number of amidine groups is 3. The third kappa shape index (κ3) is 22.5. The van der Waals surface area contributed by atoms with Gasteiger partial charge < -0.3 is 60.5 Å². The van der Waals surface area contributed by atoms with Gasteiger partial charge in [-0.15, -0.1) is 0 Å². The number of carbonyl (C=O) groups excluding carboxylic acids is 3. The number of nitrogens with one attached hydrogen (secondary N) is 1. The Labute approximate surface area is 626 Å². The minimum Gasteiger partial charge on any atom is -1.00 e. The van der Waals surface area contributed by atoms with Crippen LogP contribution in [-0.4, -0.2) is 95.6 Å². The molecule has 0 amide bonds. The van der Waals surface area contributed by atoms with Gasteiger partial charge in [-0.2, -0.15) is 0 Å². The summed E-state index contributed by atoms with van der Waals surface area (Å²) in [6, 6.07) is 31.1. The van der Waals surface area contributed by atoms with Crippen LogP contribution in [0.5, 0.6) is 17.6 Å². The Morgan fingerprint density at radius 1 is 0.698 bits per heavy atom. The molecule has 0 radical (unpaired) electrons. The summed E-state index contributed by atoms with van der Waals surface area (Å²) in [4.78, 5) is 62.4. The summed E-state index contributed by atoms with van der Waals surface area (Å²) in [5.41, 5.74) is 17.3. The number of oxime groups is 2. The number of aliphatic imine (C=N–C) groups is 1. The molecule has 9 aromatic rings. The molecule has 7 heterocycles. The van der Waals surface area contributed by atoms with Gasteiger partial charge in [-0.1, -0.05) is 75.9 Å². The van der Waals surface area contributed by atoms with E-state index in [9.17, 15) is 9.59 Å². The van der Waals surface area contributed by atoms with Crippen LogP contribution < -0.4 is 139 Å². The van der Waals surface area contributed by atoms with Gasteiger partial charge in [0.1, 0.15) is 52.2 Å². The second-order valence-electron chi connectivity index (χ2n) is 15.8. The Bertz CT molecular complexity index is 3830. The van der Waals surface area contributed by atoms with Crippen LogP contribution in [0.4, 0.5) is 0 Å². The first-order valence-electron chi connectivity index (χ1n) is 22.9. The molecule has 0 fully saturated rings. The number of halogens is 7. The quantitative estimate of drug-likeness (QED) is 0.0104. The molecule has 23 nitrogen and oxygen atoms in total.